The normalized spacial score (nSPS) is 17.0. The topological polar surface area (TPSA) is 80.5 Å². The number of nitrogens with one attached hydrogen (secondary N) is 1. The average Bonchev–Trinajstić information content (AvgIpc) is 2.31. The van der Waals surface area contributed by atoms with E-state index >= 15 is 0 Å². The van der Waals surface area contributed by atoms with Gasteiger partial charge in [-0.1, -0.05) is 0 Å². The van der Waals surface area contributed by atoms with Crippen molar-refractivity contribution in [1.82, 2.24) is 15.4 Å². The van der Waals surface area contributed by atoms with Gasteiger partial charge in [-0.3, -0.25) is 15.2 Å². The molecule has 1 amide bonds. The Labute approximate surface area is 93.4 Å². The van der Waals surface area contributed by atoms with Crippen molar-refractivity contribution in [3.8, 4) is 0 Å². The zero-order valence-electron chi connectivity index (χ0n) is 8.85. The molecular weight excluding hydrogens is 208 g/mol. The van der Waals surface area contributed by atoms with E-state index in [4.69, 9.17) is 10.5 Å². The highest BCUT2D eigenvalue weighted by Gasteiger charge is 2.15. The quantitative estimate of drug-likeness (QED) is 0.714. The molecule has 1 aliphatic heterocycles. The summed E-state index contributed by atoms with van der Waals surface area (Å²) in [6.07, 6.45) is 3.01. The summed E-state index contributed by atoms with van der Waals surface area (Å²) >= 11 is 0. The van der Waals surface area contributed by atoms with Crippen LogP contribution in [0, 0.1) is 0 Å². The first kappa shape index (κ1) is 10.8. The number of hydrazine groups is 1. The molecule has 0 unspecified atom stereocenters. The zero-order valence-corrected chi connectivity index (χ0v) is 8.85. The highest BCUT2D eigenvalue weighted by atomic mass is 16.5. The summed E-state index contributed by atoms with van der Waals surface area (Å²) in [5.74, 6) is -0.207. The molecule has 0 bridgehead atoms. The molecule has 0 saturated carbocycles. The van der Waals surface area contributed by atoms with Gasteiger partial charge in [0.05, 0.1) is 30.7 Å². The number of hydrogen-bond donors (Lipinski definition) is 2. The Balaban J connectivity index is 2.00. The van der Waals surface area contributed by atoms with Gasteiger partial charge in [0, 0.05) is 19.3 Å². The minimum atomic E-state index is -0.207. The summed E-state index contributed by atoms with van der Waals surface area (Å²) in [5.41, 5.74) is 9.27. The summed E-state index contributed by atoms with van der Waals surface area (Å²) in [6.45, 7) is 2.64. The van der Waals surface area contributed by atoms with Crippen LogP contribution in [0.25, 0.3) is 0 Å². The zero-order chi connectivity index (χ0) is 11.4. The number of amides is 1. The van der Waals surface area contributed by atoms with E-state index in [0.29, 0.717) is 37.6 Å². The van der Waals surface area contributed by atoms with Crippen LogP contribution in [0.5, 0.6) is 0 Å². The van der Waals surface area contributed by atoms with Crippen LogP contribution in [-0.4, -0.2) is 42.2 Å². The third-order valence-corrected chi connectivity index (χ3v) is 2.37. The van der Waals surface area contributed by atoms with Gasteiger partial charge in [-0.05, 0) is 6.07 Å². The monoisotopic (exact) mass is 222 g/mol. The van der Waals surface area contributed by atoms with Crippen molar-refractivity contribution < 1.29 is 9.53 Å². The molecule has 0 spiro atoms. The van der Waals surface area contributed by atoms with Crippen molar-refractivity contribution in [3.05, 3.63) is 24.0 Å². The molecular formula is C10H14N4O2. The Kier molecular flexibility index (Phi) is 3.33. The van der Waals surface area contributed by atoms with Gasteiger partial charge in [0.2, 0.25) is 0 Å². The second-order valence-corrected chi connectivity index (χ2v) is 3.50. The number of pyridine rings is 1. The maximum Gasteiger partial charge on any atom is 0.267 e. The highest BCUT2D eigenvalue weighted by molar-refractivity contribution is 5.98. The number of rotatable bonds is 2. The molecule has 1 saturated heterocycles. The maximum absolute atomic E-state index is 11.8. The number of aromatic nitrogens is 1. The van der Waals surface area contributed by atoms with Gasteiger partial charge in [-0.15, -0.1) is 0 Å². The minimum Gasteiger partial charge on any atom is -0.397 e. The first-order valence-corrected chi connectivity index (χ1v) is 5.10. The number of ether oxygens (including phenoxy) is 1. The van der Waals surface area contributed by atoms with E-state index in [1.165, 1.54) is 6.20 Å². The van der Waals surface area contributed by atoms with E-state index in [9.17, 15) is 4.79 Å². The van der Waals surface area contributed by atoms with Crippen molar-refractivity contribution in [3.63, 3.8) is 0 Å². The van der Waals surface area contributed by atoms with Crippen LogP contribution < -0.4 is 11.2 Å². The lowest BCUT2D eigenvalue weighted by molar-refractivity contribution is 0.0126. The van der Waals surface area contributed by atoms with Crippen molar-refractivity contribution in [1.29, 1.82) is 0 Å². The molecule has 1 aliphatic rings. The van der Waals surface area contributed by atoms with E-state index in [-0.39, 0.29) is 5.91 Å². The third kappa shape index (κ3) is 2.47. The van der Waals surface area contributed by atoms with Crippen molar-refractivity contribution in [2.75, 3.05) is 32.0 Å². The minimum absolute atomic E-state index is 0.207. The fraction of sp³-hybridized carbons (Fsp3) is 0.400. The average molecular weight is 222 g/mol. The van der Waals surface area contributed by atoms with Crippen LogP contribution in [0.3, 0.4) is 0 Å². The summed E-state index contributed by atoms with van der Waals surface area (Å²) in [6, 6.07) is 1.60. The number of nitrogens with zero attached hydrogens (tertiary/aromatic N) is 2. The second-order valence-electron chi connectivity index (χ2n) is 3.50. The Morgan fingerprint density at radius 3 is 2.94 bits per heavy atom. The second kappa shape index (κ2) is 4.91. The molecule has 16 heavy (non-hydrogen) atoms. The fourth-order valence-corrected chi connectivity index (χ4v) is 1.49. The van der Waals surface area contributed by atoms with Gasteiger partial charge in [0.25, 0.3) is 5.91 Å². The predicted octanol–water partition coefficient (Wildman–Crippen LogP) is -0.359. The lowest BCUT2D eigenvalue weighted by atomic mass is 10.2. The van der Waals surface area contributed by atoms with Gasteiger partial charge in [0.1, 0.15) is 0 Å². The molecule has 0 radical (unpaired) electrons. The first-order chi connectivity index (χ1) is 7.77. The Hall–Kier alpha value is -1.66. The summed E-state index contributed by atoms with van der Waals surface area (Å²) in [5, 5.41) is 1.83. The van der Waals surface area contributed by atoms with Gasteiger partial charge < -0.3 is 10.5 Å². The molecule has 1 aromatic heterocycles. The van der Waals surface area contributed by atoms with Crippen LogP contribution in [0.1, 0.15) is 10.4 Å². The van der Waals surface area contributed by atoms with E-state index < -0.39 is 0 Å². The highest BCUT2D eigenvalue weighted by Crippen LogP contribution is 2.08. The number of morpholine rings is 1. The van der Waals surface area contributed by atoms with E-state index in [1.807, 2.05) is 5.01 Å². The molecule has 0 aromatic carbocycles. The SMILES string of the molecule is Nc1cnccc1C(=O)NN1CCOCC1. The van der Waals surface area contributed by atoms with Crippen molar-refractivity contribution in [2.24, 2.45) is 0 Å². The smallest absolute Gasteiger partial charge is 0.267 e. The van der Waals surface area contributed by atoms with Gasteiger partial charge in [-0.2, -0.15) is 0 Å². The van der Waals surface area contributed by atoms with Crippen molar-refractivity contribution in [2.45, 2.75) is 0 Å². The number of anilines is 1. The molecule has 3 N–H and O–H groups in total. The molecule has 1 aromatic rings. The number of nitrogen functional groups attached to an aromatic ring is 1. The number of carbonyl (C=O) groups is 1. The third-order valence-electron chi connectivity index (χ3n) is 2.37. The first-order valence-electron chi connectivity index (χ1n) is 5.10. The van der Waals surface area contributed by atoms with E-state index in [2.05, 4.69) is 10.4 Å². The number of hydrogen-bond acceptors (Lipinski definition) is 5. The van der Waals surface area contributed by atoms with Gasteiger partial charge in [0.15, 0.2) is 0 Å². The van der Waals surface area contributed by atoms with Crippen LogP contribution in [0.4, 0.5) is 5.69 Å². The van der Waals surface area contributed by atoms with Crippen LogP contribution in [0.2, 0.25) is 0 Å². The van der Waals surface area contributed by atoms with E-state index in [1.54, 1.807) is 12.3 Å². The Morgan fingerprint density at radius 1 is 1.50 bits per heavy atom. The fourth-order valence-electron chi connectivity index (χ4n) is 1.49. The molecule has 6 nitrogen and oxygen atoms in total. The summed E-state index contributed by atoms with van der Waals surface area (Å²) in [7, 11) is 0. The summed E-state index contributed by atoms with van der Waals surface area (Å²) in [4.78, 5) is 15.7. The van der Waals surface area contributed by atoms with Crippen LogP contribution in [-0.2, 0) is 4.74 Å². The Morgan fingerprint density at radius 2 is 2.25 bits per heavy atom. The van der Waals surface area contributed by atoms with Crippen molar-refractivity contribution >= 4 is 11.6 Å². The molecule has 0 aliphatic carbocycles. The lowest BCUT2D eigenvalue weighted by Gasteiger charge is -2.27. The lowest BCUT2D eigenvalue weighted by Crippen LogP contribution is -2.48. The molecule has 0 atom stereocenters. The largest absolute Gasteiger partial charge is 0.397 e. The predicted molar refractivity (Wildman–Crippen MR) is 58.5 cm³/mol. The van der Waals surface area contributed by atoms with Gasteiger partial charge in [-0.25, -0.2) is 5.01 Å². The van der Waals surface area contributed by atoms with Crippen LogP contribution >= 0.6 is 0 Å². The summed E-state index contributed by atoms with van der Waals surface area (Å²) < 4.78 is 5.18. The van der Waals surface area contributed by atoms with Crippen LogP contribution in [0.15, 0.2) is 18.5 Å². The standard InChI is InChI=1S/C10H14N4O2/c11-9-7-12-2-1-8(9)10(15)13-14-3-5-16-6-4-14/h1-2,7H,3-6,11H2,(H,13,15). The maximum atomic E-state index is 11.8. The van der Waals surface area contributed by atoms with E-state index in [0.717, 1.165) is 0 Å². The number of nitrogens with two attached hydrogens (primary N) is 1. The molecule has 6 heteroatoms. The van der Waals surface area contributed by atoms with Gasteiger partial charge >= 0.3 is 0 Å². The molecule has 2 heterocycles. The molecule has 86 valence electrons. The number of carbonyl (C=O) groups excluding carboxylic acids is 1. The Bertz CT molecular complexity index is 377. The molecule has 1 fully saturated rings. The molecule has 2 rings (SSSR count).